The van der Waals surface area contributed by atoms with Crippen molar-refractivity contribution in [3.8, 4) is 11.5 Å². The maximum atomic E-state index is 11.4. The van der Waals surface area contributed by atoms with Gasteiger partial charge in [-0.1, -0.05) is 60.7 Å². The van der Waals surface area contributed by atoms with Crippen LogP contribution in [0, 0.1) is 23.7 Å². The number of azo groups is 2. The number of aryl methyl sites for hydroxylation is 2. The van der Waals surface area contributed by atoms with Gasteiger partial charge in [0, 0.05) is 22.9 Å². The molecule has 6 rings (SSSR count). The number of hydrogen-bond acceptors (Lipinski definition) is 14. The van der Waals surface area contributed by atoms with E-state index >= 15 is 0 Å². The van der Waals surface area contributed by atoms with Crippen LogP contribution in [-0.2, 0) is 20.2 Å². The molecule has 0 radical (unpaired) electrons. The van der Waals surface area contributed by atoms with Crippen molar-refractivity contribution < 1.29 is 56.4 Å². The minimum Gasteiger partial charge on any atom is -0.744 e. The number of nitrogens with zero attached hydrogens (tertiary/aromatic N) is 6. The molecule has 0 amide bonds. The Morgan fingerprint density at radius 2 is 0.891 bits per heavy atom. The van der Waals surface area contributed by atoms with Crippen molar-refractivity contribution in [3.63, 3.8) is 0 Å². The number of phenols is 2. The van der Waals surface area contributed by atoms with E-state index in [2.05, 4.69) is 20.5 Å². The van der Waals surface area contributed by atoms with Crippen LogP contribution in [0.2, 0.25) is 0 Å². The number of phenolic OH excluding ortho intramolecular Hbond substituents is 2. The molecule has 0 aliphatic carbocycles. The summed E-state index contributed by atoms with van der Waals surface area (Å²) in [6.07, 6.45) is 0. The molecule has 18 nitrogen and oxygen atoms in total. The number of aromatic hydroxyl groups is 2. The van der Waals surface area contributed by atoms with Gasteiger partial charge in [-0.15, -0.1) is 20.5 Å². The van der Waals surface area contributed by atoms with Crippen LogP contribution in [0.5, 0.6) is 11.5 Å². The maximum Gasteiger partial charge on any atom is 2.00 e. The van der Waals surface area contributed by atoms with Crippen molar-refractivity contribution in [2.75, 3.05) is 0 Å². The zero-order valence-electron chi connectivity index (χ0n) is 28.5. The van der Waals surface area contributed by atoms with Crippen molar-refractivity contribution in [2.45, 2.75) is 23.6 Å². The second kappa shape index (κ2) is 16.9. The molecule has 0 bridgehead atoms. The number of benzene rings is 6. The Balaban J connectivity index is 0.000000240. The second-order valence-electron chi connectivity index (χ2n) is 11.4. The summed E-state index contributed by atoms with van der Waals surface area (Å²) in [6.45, 7) is 3.46. The van der Waals surface area contributed by atoms with Crippen LogP contribution in [0.25, 0.3) is 21.5 Å². The van der Waals surface area contributed by atoms with E-state index in [0.717, 1.165) is 23.3 Å². The van der Waals surface area contributed by atoms with Gasteiger partial charge >= 0.3 is 49.1 Å². The SMILES string of the molecule is Cc1ccc([N+](=O)O)c(N=Nc2c(O)c(S(=O)(=O)[O-])cc3ccccc23)c1.Cc1ccc([N+](=O)O)c(N=Nc2c(O)c(S(=O)(=O)[O-])cc3ccccc23)c1.[Ca+2]. The van der Waals surface area contributed by atoms with E-state index in [4.69, 9.17) is 0 Å². The van der Waals surface area contributed by atoms with E-state index in [1.165, 1.54) is 24.3 Å². The van der Waals surface area contributed by atoms with E-state index in [9.17, 15) is 56.4 Å². The zero-order valence-corrected chi connectivity index (χ0v) is 32.3. The summed E-state index contributed by atoms with van der Waals surface area (Å²) in [5, 5.41) is 55.8. The number of fused-ring (bicyclic) bond motifs is 2. The normalized spacial score (nSPS) is 11.7. The molecule has 6 aromatic carbocycles. The molecule has 0 aromatic heterocycles. The topological polar surface area (TPSA) is 285 Å². The fourth-order valence-corrected chi connectivity index (χ4v) is 6.34. The Kier molecular flexibility index (Phi) is 13.0. The van der Waals surface area contributed by atoms with Gasteiger partial charge in [-0.2, -0.15) is 0 Å². The molecule has 55 heavy (non-hydrogen) atoms. The van der Waals surface area contributed by atoms with E-state index in [-0.39, 0.29) is 81.7 Å². The van der Waals surface area contributed by atoms with Crippen molar-refractivity contribution in [1.29, 1.82) is 0 Å². The van der Waals surface area contributed by atoms with Gasteiger partial charge in [-0.05, 0) is 60.0 Å². The molecule has 0 saturated carbocycles. The van der Waals surface area contributed by atoms with Crippen molar-refractivity contribution in [1.82, 2.24) is 0 Å². The zero-order chi connectivity index (χ0) is 39.5. The Morgan fingerprint density at radius 1 is 0.545 bits per heavy atom. The van der Waals surface area contributed by atoms with Gasteiger partial charge < -0.3 is 19.3 Å². The Hall–Kier alpha value is -5.48. The third kappa shape index (κ3) is 9.61. The first-order valence-electron chi connectivity index (χ1n) is 15.1. The monoisotopic (exact) mass is 814 g/mol. The quantitative estimate of drug-likeness (QED) is 0.0501. The molecule has 0 atom stereocenters. The second-order valence-corrected chi connectivity index (χ2v) is 14.1. The van der Waals surface area contributed by atoms with Gasteiger partial charge in [0.05, 0.1) is 19.6 Å². The molecule has 0 aliphatic heterocycles. The maximum absolute atomic E-state index is 11.4. The smallest absolute Gasteiger partial charge is 0.744 e. The molecule has 4 N–H and O–H groups in total. The first kappa shape index (κ1) is 42.3. The summed E-state index contributed by atoms with van der Waals surface area (Å²) in [5.74, 6) is -1.69. The van der Waals surface area contributed by atoms with E-state index in [1.54, 1.807) is 74.5 Å². The third-order valence-corrected chi connectivity index (χ3v) is 9.35. The van der Waals surface area contributed by atoms with Crippen LogP contribution in [0.4, 0.5) is 34.1 Å². The van der Waals surface area contributed by atoms with Gasteiger partial charge in [-0.3, -0.25) is 0 Å². The van der Waals surface area contributed by atoms with Crippen molar-refractivity contribution >= 4 is 114 Å². The largest absolute Gasteiger partial charge is 2.00 e. The molecular formula is C34H26CaN6O12S2+2. The van der Waals surface area contributed by atoms with Gasteiger partial charge in [0.25, 0.3) is 9.85 Å². The van der Waals surface area contributed by atoms with Gasteiger partial charge in [-0.25, -0.2) is 27.3 Å². The third-order valence-electron chi connectivity index (χ3n) is 7.65. The standard InChI is InChI=1S/2C17H13N3O6S.Ca/c2*1-10-6-7-14(20(22)23)13(8-10)18-19-16-12-5-3-2-4-11(12)9-15(17(16)21)27(24,25)26;/h2*2-9H,1H3,(H2-,18,21,22,23,24,25,26);/q;;+2. The Morgan fingerprint density at radius 3 is 1.22 bits per heavy atom. The van der Waals surface area contributed by atoms with Crippen LogP contribution in [0.3, 0.4) is 0 Å². The average Bonchev–Trinajstić information content (AvgIpc) is 3.09. The van der Waals surface area contributed by atoms with Gasteiger partial charge in [0.15, 0.2) is 22.9 Å². The molecule has 0 unspecified atom stereocenters. The van der Waals surface area contributed by atoms with Crippen molar-refractivity contribution in [3.05, 3.63) is 118 Å². The minimum atomic E-state index is -4.96. The first-order valence-corrected chi connectivity index (χ1v) is 18.0. The van der Waals surface area contributed by atoms with Crippen LogP contribution in [-0.4, -0.2) is 94.2 Å². The van der Waals surface area contributed by atoms with Crippen LogP contribution in [0.15, 0.2) is 127 Å². The fraction of sp³-hybridized carbons (Fsp3) is 0.0588. The molecule has 0 spiro atoms. The summed E-state index contributed by atoms with van der Waals surface area (Å²) in [6, 6.07) is 23.6. The fourth-order valence-electron chi connectivity index (χ4n) is 5.13. The van der Waals surface area contributed by atoms with Crippen LogP contribution < -0.4 is 0 Å². The number of hydrogen-bond donors (Lipinski definition) is 4. The summed E-state index contributed by atoms with van der Waals surface area (Å²) in [5.41, 5.74) is 0.550. The molecule has 0 aliphatic rings. The molecule has 6 aromatic rings. The van der Waals surface area contributed by atoms with Crippen molar-refractivity contribution in [2.24, 2.45) is 20.5 Å². The predicted molar refractivity (Wildman–Crippen MR) is 194 cm³/mol. The molecule has 0 saturated heterocycles. The Labute approximate surface area is 341 Å². The molecule has 0 fully saturated rings. The summed E-state index contributed by atoms with van der Waals surface area (Å²) >= 11 is 0. The predicted octanol–water partition coefficient (Wildman–Crippen LogP) is 7.57. The minimum absolute atomic E-state index is 0. The summed E-state index contributed by atoms with van der Waals surface area (Å²) < 4.78 is 68.7. The summed E-state index contributed by atoms with van der Waals surface area (Å²) in [4.78, 5) is 20.1. The van der Waals surface area contributed by atoms with Gasteiger partial charge in [0.2, 0.25) is 0 Å². The molecule has 0 heterocycles. The first-order chi connectivity index (χ1) is 25.4. The van der Waals surface area contributed by atoms with E-state index in [1.807, 2.05) is 0 Å². The van der Waals surface area contributed by atoms with Crippen LogP contribution in [0.1, 0.15) is 11.1 Å². The van der Waals surface area contributed by atoms with E-state index < -0.39 is 41.5 Å². The summed E-state index contributed by atoms with van der Waals surface area (Å²) in [7, 11) is -9.92. The Bertz CT molecular complexity index is 2610. The molecule has 21 heteroatoms. The molecular weight excluding hydrogens is 789 g/mol. The number of rotatable bonds is 8. The van der Waals surface area contributed by atoms with Crippen LogP contribution >= 0.6 is 0 Å². The average molecular weight is 815 g/mol. The molecule has 276 valence electrons. The van der Waals surface area contributed by atoms with E-state index in [0.29, 0.717) is 21.5 Å². The van der Waals surface area contributed by atoms with Gasteiger partial charge in [0.1, 0.15) is 31.6 Å².